The lowest BCUT2D eigenvalue weighted by Gasteiger charge is -2.37. The number of hydrazone groups is 1. The molecule has 5 aliphatic rings. The lowest BCUT2D eigenvalue weighted by molar-refractivity contribution is -0.384. The molecule has 2 saturated carbocycles. The van der Waals surface area contributed by atoms with Crippen LogP contribution in [0.25, 0.3) is 11.3 Å². The number of carbonyl (C=O) groups excluding carboxylic acids is 2. The summed E-state index contributed by atoms with van der Waals surface area (Å²) in [5, 5.41) is 16.0. The Morgan fingerprint density at radius 2 is 1.63 bits per heavy atom. The van der Waals surface area contributed by atoms with E-state index in [1.807, 2.05) is 0 Å². The number of hydrogen-bond donors (Lipinski definition) is 0. The first-order valence-corrected chi connectivity index (χ1v) is 9.98. The van der Waals surface area contributed by atoms with Crippen molar-refractivity contribution in [3.05, 3.63) is 64.4 Å². The van der Waals surface area contributed by atoms with Crippen LogP contribution in [0.5, 0.6) is 0 Å². The first kappa shape index (κ1) is 17.3. The predicted molar refractivity (Wildman–Crippen MR) is 105 cm³/mol. The second-order valence-corrected chi connectivity index (χ2v) is 8.39. The van der Waals surface area contributed by atoms with Crippen molar-refractivity contribution in [2.45, 2.75) is 6.42 Å². The minimum atomic E-state index is -0.461. The van der Waals surface area contributed by atoms with Gasteiger partial charge in [-0.2, -0.15) is 10.1 Å². The number of nitro groups is 1. The fraction of sp³-hybridized carbons (Fsp3) is 0.318. The molecule has 1 saturated heterocycles. The molecule has 2 aromatic rings. The van der Waals surface area contributed by atoms with Crippen molar-refractivity contribution in [3.63, 3.8) is 0 Å². The van der Waals surface area contributed by atoms with Crippen molar-refractivity contribution < 1.29 is 18.9 Å². The fourth-order valence-electron chi connectivity index (χ4n) is 5.49. The van der Waals surface area contributed by atoms with Crippen molar-refractivity contribution in [2.75, 3.05) is 0 Å². The zero-order valence-corrected chi connectivity index (χ0v) is 15.8. The average Bonchev–Trinajstić information content (AvgIpc) is 3.39. The highest BCUT2D eigenvalue weighted by Crippen LogP contribution is 2.65. The third-order valence-corrected chi connectivity index (χ3v) is 6.93. The monoisotopic (exact) mass is 403 g/mol. The summed E-state index contributed by atoms with van der Waals surface area (Å²) < 4.78 is 5.72. The Morgan fingerprint density at radius 3 is 2.23 bits per heavy atom. The summed E-state index contributed by atoms with van der Waals surface area (Å²) in [6.45, 7) is 0. The van der Waals surface area contributed by atoms with Gasteiger partial charge in [-0.05, 0) is 54.4 Å². The third kappa shape index (κ3) is 2.36. The molecule has 8 heteroatoms. The summed E-state index contributed by atoms with van der Waals surface area (Å²) in [6.07, 6.45) is 6.75. The van der Waals surface area contributed by atoms with E-state index in [0.29, 0.717) is 28.9 Å². The Hall–Kier alpha value is -3.55. The van der Waals surface area contributed by atoms with Gasteiger partial charge in [-0.3, -0.25) is 19.7 Å². The summed E-state index contributed by atoms with van der Waals surface area (Å²) >= 11 is 0. The number of nitrogens with zero attached hydrogens (tertiary/aromatic N) is 3. The topological polar surface area (TPSA) is 106 Å². The molecule has 1 aromatic heterocycles. The number of allylic oxidation sites excluding steroid dienone is 2. The van der Waals surface area contributed by atoms with Crippen LogP contribution in [-0.2, 0) is 9.59 Å². The highest BCUT2D eigenvalue weighted by Gasteiger charge is 2.67. The van der Waals surface area contributed by atoms with Gasteiger partial charge in [0, 0.05) is 17.7 Å². The number of rotatable bonds is 4. The van der Waals surface area contributed by atoms with Gasteiger partial charge in [0.1, 0.15) is 11.5 Å². The quantitative estimate of drug-likeness (QED) is 0.256. The number of amides is 2. The van der Waals surface area contributed by atoms with E-state index in [1.165, 1.54) is 18.3 Å². The Balaban J connectivity index is 1.22. The van der Waals surface area contributed by atoms with Gasteiger partial charge < -0.3 is 4.42 Å². The molecule has 150 valence electrons. The number of furan rings is 1. The molecule has 6 atom stereocenters. The smallest absolute Gasteiger partial charge is 0.269 e. The maximum absolute atomic E-state index is 12.9. The van der Waals surface area contributed by atoms with Crippen LogP contribution in [0.2, 0.25) is 0 Å². The molecule has 2 bridgehead atoms. The van der Waals surface area contributed by atoms with E-state index < -0.39 is 4.92 Å². The Kier molecular flexibility index (Phi) is 3.45. The van der Waals surface area contributed by atoms with Gasteiger partial charge >= 0.3 is 0 Å². The van der Waals surface area contributed by atoms with E-state index in [4.69, 9.17) is 4.42 Å². The first-order valence-electron chi connectivity index (χ1n) is 9.98. The molecule has 0 radical (unpaired) electrons. The predicted octanol–water partition coefficient (Wildman–Crippen LogP) is 3.24. The Morgan fingerprint density at radius 1 is 1.00 bits per heavy atom. The van der Waals surface area contributed by atoms with Crippen LogP contribution >= 0.6 is 0 Å². The van der Waals surface area contributed by atoms with Crippen molar-refractivity contribution in [3.8, 4) is 11.3 Å². The molecule has 4 aliphatic carbocycles. The SMILES string of the molecule is O=C1[C@@H]2[C@@H]3C=C[C@H]([C@@H]4C[C@H]34)[C@H]2C(=O)N1/N=C\c1ccc(-c2ccc([N+](=O)[O-])cc2)o1. The standard InChI is InChI=1S/C22H17N3O5/c26-21-19-14-6-7-15(17-9-16(14)17)20(19)22(27)24(21)23-10-13-5-8-18(30-13)11-1-3-12(4-2-11)25(28)29/h1-8,10,14-17,19-20H,9H2/b23-10-/t14-,15-,16-,17+,19-,20-/m1/s1. The van der Waals surface area contributed by atoms with Gasteiger partial charge in [-0.15, -0.1) is 0 Å². The maximum Gasteiger partial charge on any atom is 0.269 e. The van der Waals surface area contributed by atoms with Gasteiger partial charge in [0.15, 0.2) is 0 Å². The molecule has 3 fully saturated rings. The van der Waals surface area contributed by atoms with Gasteiger partial charge in [-0.25, -0.2) is 0 Å². The molecule has 1 aliphatic heterocycles. The average molecular weight is 403 g/mol. The molecule has 0 N–H and O–H groups in total. The number of imide groups is 1. The van der Waals surface area contributed by atoms with Crippen molar-refractivity contribution >= 4 is 23.7 Å². The van der Waals surface area contributed by atoms with Crippen LogP contribution < -0.4 is 0 Å². The molecular formula is C22H17N3O5. The summed E-state index contributed by atoms with van der Waals surface area (Å²) in [5.74, 6) is 1.36. The van der Waals surface area contributed by atoms with Gasteiger partial charge in [0.25, 0.3) is 17.5 Å². The van der Waals surface area contributed by atoms with Crippen molar-refractivity contribution in [1.29, 1.82) is 0 Å². The molecule has 8 nitrogen and oxygen atoms in total. The van der Waals surface area contributed by atoms with Crippen LogP contribution in [0, 0.1) is 45.6 Å². The largest absolute Gasteiger partial charge is 0.455 e. The summed E-state index contributed by atoms with van der Waals surface area (Å²) in [7, 11) is 0. The normalized spacial score (nSPS) is 33.3. The summed E-state index contributed by atoms with van der Waals surface area (Å²) in [4.78, 5) is 36.1. The van der Waals surface area contributed by atoms with Gasteiger partial charge in [-0.1, -0.05) is 12.2 Å². The number of carbonyl (C=O) groups is 2. The molecule has 30 heavy (non-hydrogen) atoms. The van der Waals surface area contributed by atoms with E-state index in [1.54, 1.807) is 24.3 Å². The van der Waals surface area contributed by atoms with Crippen LogP contribution in [-0.4, -0.2) is 28.0 Å². The van der Waals surface area contributed by atoms with Crippen LogP contribution in [0.4, 0.5) is 5.69 Å². The number of nitro benzene ring substituents is 1. The summed E-state index contributed by atoms with van der Waals surface area (Å²) in [5.41, 5.74) is 0.683. The Labute approximate surface area is 171 Å². The molecule has 7 rings (SSSR count). The highest BCUT2D eigenvalue weighted by molar-refractivity contribution is 6.06. The van der Waals surface area contributed by atoms with E-state index in [0.717, 1.165) is 11.4 Å². The van der Waals surface area contributed by atoms with Crippen LogP contribution in [0.15, 0.2) is 58.1 Å². The molecular weight excluding hydrogens is 386 g/mol. The summed E-state index contributed by atoms with van der Waals surface area (Å²) in [6, 6.07) is 9.41. The molecule has 2 amide bonds. The molecule has 0 spiro atoms. The minimum Gasteiger partial charge on any atom is -0.455 e. The van der Waals surface area contributed by atoms with Gasteiger partial charge in [0.05, 0.1) is 23.0 Å². The molecule has 0 unspecified atom stereocenters. The van der Waals surface area contributed by atoms with E-state index in [2.05, 4.69) is 17.3 Å². The molecule has 1 aromatic carbocycles. The zero-order valence-electron chi connectivity index (χ0n) is 15.8. The second kappa shape index (κ2) is 5.98. The minimum absolute atomic E-state index is 0.000658. The lowest BCUT2D eigenvalue weighted by atomic mass is 9.63. The fourth-order valence-corrected chi connectivity index (χ4v) is 5.49. The van der Waals surface area contributed by atoms with Crippen LogP contribution in [0.3, 0.4) is 0 Å². The third-order valence-electron chi connectivity index (χ3n) is 6.93. The number of hydrogen-bond acceptors (Lipinski definition) is 6. The Bertz CT molecular complexity index is 1110. The highest BCUT2D eigenvalue weighted by atomic mass is 16.6. The maximum atomic E-state index is 12.9. The first-order chi connectivity index (χ1) is 14.5. The lowest BCUT2D eigenvalue weighted by Crippen LogP contribution is -2.40. The zero-order chi connectivity index (χ0) is 20.6. The van der Waals surface area contributed by atoms with E-state index in [9.17, 15) is 19.7 Å². The van der Waals surface area contributed by atoms with Crippen LogP contribution in [0.1, 0.15) is 12.2 Å². The molecule has 2 heterocycles. The van der Waals surface area contributed by atoms with E-state index >= 15 is 0 Å². The van der Waals surface area contributed by atoms with Crippen molar-refractivity contribution in [2.24, 2.45) is 40.6 Å². The number of non-ortho nitro benzene ring substituents is 1. The van der Waals surface area contributed by atoms with Gasteiger partial charge in [0.2, 0.25) is 0 Å². The number of benzene rings is 1. The van der Waals surface area contributed by atoms with E-state index in [-0.39, 0.29) is 41.2 Å². The second-order valence-electron chi connectivity index (χ2n) is 8.39. The van der Waals surface area contributed by atoms with Crippen molar-refractivity contribution in [1.82, 2.24) is 5.01 Å².